The second-order valence-electron chi connectivity index (χ2n) is 8.38. The molecule has 1 aliphatic heterocycles. The van der Waals surface area contributed by atoms with Crippen molar-refractivity contribution in [1.29, 1.82) is 0 Å². The van der Waals surface area contributed by atoms with Crippen molar-refractivity contribution < 1.29 is 28.3 Å². The molecule has 2 N–H and O–H groups in total. The van der Waals surface area contributed by atoms with Crippen molar-refractivity contribution in [3.63, 3.8) is 0 Å². The normalized spacial score (nSPS) is 15.7. The van der Waals surface area contributed by atoms with Gasteiger partial charge in [-0.25, -0.2) is 13.6 Å². The second kappa shape index (κ2) is 7.51. The fourth-order valence-electron chi connectivity index (χ4n) is 3.69. The number of nitrogens with one attached hydrogen (secondary N) is 1. The monoisotopic (exact) mass is 416 g/mol. The van der Waals surface area contributed by atoms with E-state index in [1.54, 1.807) is 32.9 Å². The van der Waals surface area contributed by atoms with Gasteiger partial charge >= 0.3 is 6.09 Å². The zero-order chi connectivity index (χ0) is 22.3. The van der Waals surface area contributed by atoms with Crippen molar-refractivity contribution in [2.75, 3.05) is 6.54 Å². The third-order valence-corrected chi connectivity index (χ3v) is 5.63. The predicted molar refractivity (Wildman–Crippen MR) is 105 cm³/mol. The average molecular weight is 416 g/mol. The Bertz CT molecular complexity index is 977. The lowest BCUT2D eigenvalue weighted by Gasteiger charge is -2.46. The van der Waals surface area contributed by atoms with Crippen LogP contribution >= 0.6 is 0 Å². The number of hydrogen-bond acceptors (Lipinski definition) is 3. The van der Waals surface area contributed by atoms with E-state index in [9.17, 15) is 28.3 Å². The molecule has 0 saturated heterocycles. The van der Waals surface area contributed by atoms with Crippen molar-refractivity contribution in [3.05, 3.63) is 70.8 Å². The Balaban J connectivity index is 2.09. The number of nitrogens with zero attached hydrogens (tertiary/aromatic N) is 1. The van der Waals surface area contributed by atoms with E-state index >= 15 is 0 Å². The van der Waals surface area contributed by atoms with Gasteiger partial charge in [0.05, 0.1) is 23.2 Å². The number of benzene rings is 2. The average Bonchev–Trinajstić information content (AvgIpc) is 2.88. The van der Waals surface area contributed by atoms with Crippen LogP contribution in [0.4, 0.5) is 13.6 Å². The minimum Gasteiger partial charge on any atom is -0.465 e. The topological polar surface area (TPSA) is 86.7 Å². The molecular weight excluding hydrogens is 394 g/mol. The van der Waals surface area contributed by atoms with Crippen molar-refractivity contribution in [2.45, 2.75) is 32.7 Å². The summed E-state index contributed by atoms with van der Waals surface area (Å²) in [5.74, 6) is -2.83. The molecule has 6 nitrogen and oxygen atoms in total. The van der Waals surface area contributed by atoms with E-state index in [1.165, 1.54) is 18.2 Å². The number of carbonyl (C=O) groups is 3. The Hall–Kier alpha value is -3.29. The largest absolute Gasteiger partial charge is 0.465 e. The predicted octanol–water partition coefficient (Wildman–Crippen LogP) is 3.86. The molecule has 0 fully saturated rings. The van der Waals surface area contributed by atoms with Crippen LogP contribution in [0, 0.1) is 17.0 Å². The van der Waals surface area contributed by atoms with E-state index in [0.29, 0.717) is 0 Å². The highest BCUT2D eigenvalue weighted by molar-refractivity contribution is 6.21. The lowest BCUT2D eigenvalue weighted by Crippen LogP contribution is -2.64. The molecule has 2 aromatic carbocycles. The number of fused-ring (bicyclic) bond motifs is 1. The summed E-state index contributed by atoms with van der Waals surface area (Å²) in [5, 5.41) is 11.9. The van der Waals surface area contributed by atoms with Crippen LogP contribution in [0.5, 0.6) is 0 Å². The molecule has 2 aromatic rings. The summed E-state index contributed by atoms with van der Waals surface area (Å²) < 4.78 is 28.9. The van der Waals surface area contributed by atoms with Gasteiger partial charge in [-0.1, -0.05) is 39.0 Å². The quantitative estimate of drug-likeness (QED) is 0.725. The molecule has 0 unspecified atom stereocenters. The fourth-order valence-corrected chi connectivity index (χ4v) is 3.69. The number of imide groups is 1. The van der Waals surface area contributed by atoms with Crippen molar-refractivity contribution >= 4 is 17.9 Å². The number of carboxylic acid groups (broad SMARTS) is 1. The first-order chi connectivity index (χ1) is 14.0. The summed E-state index contributed by atoms with van der Waals surface area (Å²) >= 11 is 0. The van der Waals surface area contributed by atoms with E-state index in [4.69, 9.17) is 0 Å². The third-order valence-electron chi connectivity index (χ3n) is 5.63. The van der Waals surface area contributed by atoms with Gasteiger partial charge in [-0.3, -0.25) is 14.5 Å². The Morgan fingerprint density at radius 1 is 0.967 bits per heavy atom. The third kappa shape index (κ3) is 3.65. The highest BCUT2D eigenvalue weighted by atomic mass is 19.1. The highest BCUT2D eigenvalue weighted by Gasteiger charge is 2.49. The lowest BCUT2D eigenvalue weighted by molar-refractivity contribution is 0.0465. The zero-order valence-corrected chi connectivity index (χ0v) is 16.8. The highest BCUT2D eigenvalue weighted by Crippen LogP contribution is 2.37. The second-order valence-corrected chi connectivity index (χ2v) is 8.38. The standard InChI is InChI=1S/C22H22F2N2O4/c1-21(2,3)22(25-20(29)30,11-15-16(23)9-6-10-17(15)24)12-26-18(27)13-7-4-5-8-14(13)19(26)28/h4-10,25H,11-12H2,1-3H3,(H,29,30)/t22-/m1/s1. The minimum absolute atomic E-state index is 0.206. The fraction of sp³-hybridized carbons (Fsp3) is 0.318. The van der Waals surface area contributed by atoms with Crippen LogP contribution in [-0.2, 0) is 6.42 Å². The summed E-state index contributed by atoms with van der Waals surface area (Å²) in [4.78, 5) is 38.4. The van der Waals surface area contributed by atoms with Gasteiger partial charge in [0, 0.05) is 12.0 Å². The molecule has 0 aliphatic carbocycles. The maximum atomic E-state index is 14.4. The van der Waals surface area contributed by atoms with E-state index in [2.05, 4.69) is 5.32 Å². The van der Waals surface area contributed by atoms with Gasteiger partial charge in [-0.2, -0.15) is 0 Å². The first-order valence-corrected chi connectivity index (χ1v) is 9.36. The van der Waals surface area contributed by atoms with E-state index in [-0.39, 0.29) is 23.2 Å². The van der Waals surface area contributed by atoms with Crippen LogP contribution in [0.15, 0.2) is 42.5 Å². The first-order valence-electron chi connectivity index (χ1n) is 9.36. The van der Waals surface area contributed by atoms with E-state index in [0.717, 1.165) is 17.0 Å². The smallest absolute Gasteiger partial charge is 0.405 e. The number of hydrogen-bond donors (Lipinski definition) is 2. The Morgan fingerprint density at radius 2 is 1.47 bits per heavy atom. The summed E-state index contributed by atoms with van der Waals surface area (Å²) in [6, 6.07) is 9.62. The first kappa shape index (κ1) is 21.4. The van der Waals surface area contributed by atoms with Gasteiger partial charge in [-0.15, -0.1) is 0 Å². The Morgan fingerprint density at radius 3 is 1.90 bits per heavy atom. The van der Waals surface area contributed by atoms with Crippen molar-refractivity contribution in [2.24, 2.45) is 5.41 Å². The molecule has 0 bridgehead atoms. The molecule has 0 radical (unpaired) electrons. The van der Waals surface area contributed by atoms with Gasteiger partial charge in [0.25, 0.3) is 11.8 Å². The molecule has 0 saturated carbocycles. The molecule has 1 aliphatic rings. The van der Waals surface area contributed by atoms with Crippen LogP contribution in [0.1, 0.15) is 47.1 Å². The summed E-state index contributed by atoms with van der Waals surface area (Å²) in [6.07, 6.45) is -1.83. The summed E-state index contributed by atoms with van der Waals surface area (Å²) in [6.45, 7) is 4.66. The molecule has 1 atom stereocenters. The van der Waals surface area contributed by atoms with Crippen molar-refractivity contribution in [3.8, 4) is 0 Å². The molecule has 1 heterocycles. The van der Waals surface area contributed by atoms with Gasteiger partial charge in [-0.05, 0) is 29.7 Å². The van der Waals surface area contributed by atoms with Gasteiger partial charge in [0.2, 0.25) is 0 Å². The van der Waals surface area contributed by atoms with Crippen LogP contribution in [0.3, 0.4) is 0 Å². The molecular formula is C22H22F2N2O4. The van der Waals surface area contributed by atoms with Crippen LogP contribution in [0.25, 0.3) is 0 Å². The molecule has 158 valence electrons. The number of carbonyl (C=O) groups excluding carboxylic acids is 2. The summed E-state index contributed by atoms with van der Waals surface area (Å²) in [7, 11) is 0. The number of rotatable bonds is 5. The molecule has 3 rings (SSSR count). The van der Waals surface area contributed by atoms with E-state index in [1.807, 2.05) is 0 Å². The molecule has 0 spiro atoms. The Kier molecular flexibility index (Phi) is 5.36. The van der Waals surface area contributed by atoms with Crippen LogP contribution in [-0.4, -0.2) is 40.0 Å². The van der Waals surface area contributed by atoms with E-state index < -0.39 is 46.9 Å². The summed E-state index contributed by atoms with van der Waals surface area (Å²) in [5.41, 5.74) is -2.39. The molecule has 3 amide bonds. The zero-order valence-electron chi connectivity index (χ0n) is 16.8. The van der Waals surface area contributed by atoms with Gasteiger partial charge < -0.3 is 10.4 Å². The van der Waals surface area contributed by atoms with Crippen LogP contribution < -0.4 is 5.32 Å². The SMILES string of the molecule is CC(C)(C)[C@@](Cc1c(F)cccc1F)(CN1C(=O)c2ccccc2C1=O)NC(=O)O. The Labute approximate surface area is 172 Å². The van der Waals surface area contributed by atoms with Gasteiger partial charge in [0.1, 0.15) is 11.6 Å². The number of halogens is 2. The maximum absolute atomic E-state index is 14.4. The van der Waals surface area contributed by atoms with Crippen LogP contribution in [0.2, 0.25) is 0 Å². The van der Waals surface area contributed by atoms with Crippen molar-refractivity contribution in [1.82, 2.24) is 10.2 Å². The number of amides is 3. The molecule has 30 heavy (non-hydrogen) atoms. The molecule has 0 aromatic heterocycles. The lowest BCUT2D eigenvalue weighted by atomic mass is 9.69. The van der Waals surface area contributed by atoms with Gasteiger partial charge in [0.15, 0.2) is 0 Å². The molecule has 8 heteroatoms. The minimum atomic E-state index is -1.56. The maximum Gasteiger partial charge on any atom is 0.405 e.